The molecule has 1 rings (SSSR count). The molecular formula is C9H15N5O3. The van der Waals surface area contributed by atoms with Crippen LogP contribution in [0.4, 0.5) is 17.5 Å². The van der Waals surface area contributed by atoms with Crippen molar-refractivity contribution in [2.24, 2.45) is 0 Å². The third-order valence-electron chi connectivity index (χ3n) is 2.20. The van der Waals surface area contributed by atoms with Gasteiger partial charge in [0.05, 0.1) is 11.5 Å². The maximum atomic E-state index is 10.9. The van der Waals surface area contributed by atoms with Gasteiger partial charge in [-0.25, -0.2) is 4.98 Å². The van der Waals surface area contributed by atoms with Crippen molar-refractivity contribution >= 4 is 17.5 Å². The number of nitrogen functional groups attached to an aromatic ring is 1. The minimum atomic E-state index is -0.568. The number of aliphatic hydroxyl groups excluding tert-OH is 1. The van der Waals surface area contributed by atoms with E-state index in [0.29, 0.717) is 0 Å². The first-order valence-corrected chi connectivity index (χ1v) is 5.11. The third kappa shape index (κ3) is 3.00. The number of rotatable bonds is 5. The molecule has 3 N–H and O–H groups in total. The fourth-order valence-electron chi connectivity index (χ4n) is 1.44. The molecule has 0 radical (unpaired) electrons. The van der Waals surface area contributed by atoms with E-state index in [4.69, 9.17) is 10.8 Å². The Morgan fingerprint density at radius 3 is 2.76 bits per heavy atom. The molecule has 0 aromatic carbocycles. The Morgan fingerprint density at radius 1 is 1.65 bits per heavy atom. The number of nitro groups is 1. The number of anilines is 2. The summed E-state index contributed by atoms with van der Waals surface area (Å²) in [7, 11) is 0. The van der Waals surface area contributed by atoms with Gasteiger partial charge in [0.1, 0.15) is 6.20 Å². The van der Waals surface area contributed by atoms with Crippen LogP contribution < -0.4 is 10.6 Å². The lowest BCUT2D eigenvalue weighted by Gasteiger charge is -2.26. The monoisotopic (exact) mass is 241 g/mol. The van der Waals surface area contributed by atoms with Crippen molar-refractivity contribution < 1.29 is 10.0 Å². The van der Waals surface area contributed by atoms with Gasteiger partial charge in [-0.05, 0) is 13.8 Å². The summed E-state index contributed by atoms with van der Waals surface area (Å²) in [5.41, 5.74) is 5.21. The van der Waals surface area contributed by atoms with Gasteiger partial charge < -0.3 is 15.7 Å². The highest BCUT2D eigenvalue weighted by Crippen LogP contribution is 2.26. The average molecular weight is 241 g/mol. The predicted octanol–water partition coefficient (Wildman–Crippen LogP) is 0.174. The molecule has 0 atom stereocenters. The first-order chi connectivity index (χ1) is 7.97. The third-order valence-corrected chi connectivity index (χ3v) is 2.20. The molecule has 94 valence electrons. The number of hydrogen-bond donors (Lipinski definition) is 2. The summed E-state index contributed by atoms with van der Waals surface area (Å²) in [5, 5.41) is 19.8. The van der Waals surface area contributed by atoms with Crippen molar-refractivity contribution in [1.29, 1.82) is 0 Å². The molecule has 1 aromatic heterocycles. The van der Waals surface area contributed by atoms with Gasteiger partial charge in [0.2, 0.25) is 11.8 Å². The van der Waals surface area contributed by atoms with Crippen molar-refractivity contribution in [3.8, 4) is 0 Å². The van der Waals surface area contributed by atoms with Crippen LogP contribution in [0, 0.1) is 10.1 Å². The summed E-state index contributed by atoms with van der Waals surface area (Å²) < 4.78 is 0. The van der Waals surface area contributed by atoms with E-state index in [1.54, 1.807) is 4.90 Å². The van der Waals surface area contributed by atoms with Crippen molar-refractivity contribution in [2.75, 3.05) is 23.8 Å². The minimum absolute atomic E-state index is 0.0332. The molecule has 1 aromatic rings. The summed E-state index contributed by atoms with van der Waals surface area (Å²) >= 11 is 0. The van der Waals surface area contributed by atoms with E-state index in [1.807, 2.05) is 13.8 Å². The van der Waals surface area contributed by atoms with Crippen LogP contribution in [0.3, 0.4) is 0 Å². The molecule has 0 aliphatic heterocycles. The van der Waals surface area contributed by atoms with E-state index >= 15 is 0 Å². The largest absolute Gasteiger partial charge is 0.395 e. The van der Waals surface area contributed by atoms with Gasteiger partial charge in [-0.1, -0.05) is 0 Å². The topological polar surface area (TPSA) is 118 Å². The number of nitrogens with two attached hydrogens (primary N) is 1. The highest BCUT2D eigenvalue weighted by molar-refractivity contribution is 5.58. The molecule has 17 heavy (non-hydrogen) atoms. The molecule has 0 amide bonds. The van der Waals surface area contributed by atoms with Crippen molar-refractivity contribution in [3.63, 3.8) is 0 Å². The van der Waals surface area contributed by atoms with E-state index in [1.165, 1.54) is 0 Å². The maximum absolute atomic E-state index is 10.9. The summed E-state index contributed by atoms with van der Waals surface area (Å²) in [6.07, 6.45) is 1.07. The Kier molecular flexibility index (Phi) is 4.16. The molecule has 0 fully saturated rings. The molecule has 0 saturated heterocycles. The number of nitrogens with zero attached hydrogens (tertiary/aromatic N) is 4. The summed E-state index contributed by atoms with van der Waals surface area (Å²) in [5.74, 6) is 0.0979. The van der Waals surface area contributed by atoms with Crippen molar-refractivity contribution in [3.05, 3.63) is 16.3 Å². The van der Waals surface area contributed by atoms with Crippen LogP contribution in [0.15, 0.2) is 6.20 Å². The fraction of sp³-hybridized carbons (Fsp3) is 0.556. The van der Waals surface area contributed by atoms with Crippen molar-refractivity contribution in [1.82, 2.24) is 9.97 Å². The molecule has 8 heteroatoms. The van der Waals surface area contributed by atoms with Gasteiger partial charge in [-0.2, -0.15) is 4.98 Å². The quantitative estimate of drug-likeness (QED) is 0.557. The van der Waals surface area contributed by atoms with Gasteiger partial charge >= 0.3 is 5.69 Å². The van der Waals surface area contributed by atoms with Crippen LogP contribution >= 0.6 is 0 Å². The molecule has 0 unspecified atom stereocenters. The smallest absolute Gasteiger partial charge is 0.329 e. The van der Waals surface area contributed by atoms with Gasteiger partial charge in [-0.3, -0.25) is 10.1 Å². The summed E-state index contributed by atoms with van der Waals surface area (Å²) in [6.45, 7) is 3.81. The second-order valence-corrected chi connectivity index (χ2v) is 3.70. The standard InChI is InChI=1S/C9H15N5O3/c1-6(2)13(3-4-15)8-7(14(16)17)5-11-9(10)12-8/h5-6,15H,3-4H2,1-2H3,(H2,10,11,12). The highest BCUT2D eigenvalue weighted by atomic mass is 16.6. The Hall–Kier alpha value is -1.96. The van der Waals surface area contributed by atoms with E-state index in [-0.39, 0.29) is 36.6 Å². The molecule has 0 bridgehead atoms. The van der Waals surface area contributed by atoms with Crippen LogP contribution in [0.5, 0.6) is 0 Å². The zero-order valence-corrected chi connectivity index (χ0v) is 9.70. The average Bonchev–Trinajstić information content (AvgIpc) is 2.24. The van der Waals surface area contributed by atoms with Crippen LogP contribution in [0.25, 0.3) is 0 Å². The lowest BCUT2D eigenvalue weighted by Crippen LogP contribution is -2.34. The van der Waals surface area contributed by atoms with Crippen LogP contribution in [0.1, 0.15) is 13.8 Å². The Morgan fingerprint density at radius 2 is 2.29 bits per heavy atom. The molecule has 1 heterocycles. The molecule has 0 spiro atoms. The van der Waals surface area contributed by atoms with E-state index in [0.717, 1.165) is 6.20 Å². The Labute approximate surface area is 98.2 Å². The van der Waals surface area contributed by atoms with Crippen LogP contribution in [-0.2, 0) is 0 Å². The number of aliphatic hydroxyl groups is 1. The van der Waals surface area contributed by atoms with Gasteiger partial charge in [0.25, 0.3) is 0 Å². The lowest BCUT2D eigenvalue weighted by molar-refractivity contribution is -0.384. The maximum Gasteiger partial charge on any atom is 0.329 e. The zero-order chi connectivity index (χ0) is 13.0. The van der Waals surface area contributed by atoms with Gasteiger partial charge in [0.15, 0.2) is 0 Å². The Bertz CT molecular complexity index is 410. The lowest BCUT2D eigenvalue weighted by atomic mass is 10.3. The SMILES string of the molecule is CC(C)N(CCO)c1nc(N)ncc1[N+](=O)[O-]. The summed E-state index contributed by atoms with van der Waals surface area (Å²) in [4.78, 5) is 19.4. The molecule has 8 nitrogen and oxygen atoms in total. The predicted molar refractivity (Wildman–Crippen MR) is 62.7 cm³/mol. The summed E-state index contributed by atoms with van der Waals surface area (Å²) in [6, 6.07) is -0.0462. The number of aromatic nitrogens is 2. The first-order valence-electron chi connectivity index (χ1n) is 5.11. The van der Waals surface area contributed by atoms with Crippen LogP contribution in [0.2, 0.25) is 0 Å². The highest BCUT2D eigenvalue weighted by Gasteiger charge is 2.23. The number of hydrogen-bond acceptors (Lipinski definition) is 7. The molecule has 0 saturated carbocycles. The normalized spacial score (nSPS) is 10.6. The van der Waals surface area contributed by atoms with Crippen molar-refractivity contribution in [2.45, 2.75) is 19.9 Å². The first kappa shape index (κ1) is 13.1. The van der Waals surface area contributed by atoms with Crippen LogP contribution in [-0.4, -0.2) is 39.2 Å². The minimum Gasteiger partial charge on any atom is -0.395 e. The van der Waals surface area contributed by atoms with E-state index < -0.39 is 4.92 Å². The second-order valence-electron chi connectivity index (χ2n) is 3.70. The fourth-order valence-corrected chi connectivity index (χ4v) is 1.44. The zero-order valence-electron chi connectivity index (χ0n) is 9.70. The van der Waals surface area contributed by atoms with E-state index in [2.05, 4.69) is 9.97 Å². The Balaban J connectivity index is 3.24. The van der Waals surface area contributed by atoms with Gasteiger partial charge in [-0.15, -0.1) is 0 Å². The second kappa shape index (κ2) is 5.39. The molecule has 0 aliphatic rings. The van der Waals surface area contributed by atoms with Gasteiger partial charge in [0, 0.05) is 12.6 Å². The molecular weight excluding hydrogens is 226 g/mol. The van der Waals surface area contributed by atoms with E-state index in [9.17, 15) is 10.1 Å². The molecule has 0 aliphatic carbocycles.